The summed E-state index contributed by atoms with van der Waals surface area (Å²) in [5.74, 6) is -2.94. The van der Waals surface area contributed by atoms with Crippen molar-refractivity contribution in [1.82, 2.24) is 4.98 Å². The van der Waals surface area contributed by atoms with Crippen molar-refractivity contribution in [1.29, 1.82) is 0 Å². The van der Waals surface area contributed by atoms with Gasteiger partial charge in [0.2, 0.25) is 0 Å². The molecule has 0 saturated carbocycles. The van der Waals surface area contributed by atoms with E-state index in [0.29, 0.717) is 6.07 Å². The fourth-order valence-corrected chi connectivity index (χ4v) is 1.18. The van der Waals surface area contributed by atoms with E-state index in [4.69, 9.17) is 0 Å². The number of carbonyl (C=O) groups is 1. The van der Waals surface area contributed by atoms with Crippen LogP contribution < -0.4 is 9.47 Å². The second kappa shape index (κ2) is 5.59. The van der Waals surface area contributed by atoms with Gasteiger partial charge in [-0.25, -0.2) is 4.79 Å². The fourth-order valence-electron chi connectivity index (χ4n) is 1.18. The summed E-state index contributed by atoms with van der Waals surface area (Å²) in [6, 6.07) is 0.584. The Morgan fingerprint density at radius 3 is 2.40 bits per heavy atom. The van der Waals surface area contributed by atoms with Crippen LogP contribution in [0, 0.1) is 10.1 Å². The maximum absolute atomic E-state index is 12.1. The predicted molar refractivity (Wildman–Crippen MR) is 55.5 cm³/mol. The first-order valence-electron chi connectivity index (χ1n) is 4.77. The van der Waals surface area contributed by atoms with Crippen LogP contribution in [0.25, 0.3) is 0 Å². The number of carbonyl (C=O) groups excluding carboxylic acids is 1. The van der Waals surface area contributed by atoms with Crippen LogP contribution in [0.4, 0.5) is 18.9 Å². The topological polar surface area (TPSA) is 101 Å². The van der Waals surface area contributed by atoms with Gasteiger partial charge in [0.25, 0.3) is 0 Å². The number of rotatable bonds is 4. The van der Waals surface area contributed by atoms with E-state index in [-0.39, 0.29) is 0 Å². The van der Waals surface area contributed by atoms with Crippen LogP contribution in [0.5, 0.6) is 11.6 Å². The van der Waals surface area contributed by atoms with Gasteiger partial charge in [0, 0.05) is 0 Å². The molecule has 0 fully saturated rings. The molecule has 0 atom stereocenters. The van der Waals surface area contributed by atoms with Gasteiger partial charge >= 0.3 is 23.9 Å². The number of hydrogen-bond acceptors (Lipinski definition) is 7. The van der Waals surface area contributed by atoms with Crippen molar-refractivity contribution >= 4 is 11.7 Å². The Labute approximate surface area is 109 Å². The first-order chi connectivity index (χ1) is 9.19. The van der Waals surface area contributed by atoms with E-state index >= 15 is 0 Å². The molecule has 0 unspecified atom stereocenters. The molecule has 1 aromatic heterocycles. The van der Waals surface area contributed by atoms with Crippen molar-refractivity contribution < 1.29 is 37.1 Å². The SMILES string of the molecule is COC(=O)c1nc(OC(F)(F)F)c([N+](=O)[O-])cc1OC. The molecular formula is C9H7F3N2O6. The summed E-state index contributed by atoms with van der Waals surface area (Å²) in [5, 5.41) is 10.7. The molecule has 0 aliphatic rings. The zero-order valence-corrected chi connectivity index (χ0v) is 10.1. The number of halogens is 3. The number of alkyl halides is 3. The Morgan fingerprint density at radius 2 is 2.00 bits per heavy atom. The molecule has 0 spiro atoms. The van der Waals surface area contributed by atoms with Gasteiger partial charge in [0.05, 0.1) is 25.2 Å². The van der Waals surface area contributed by atoms with E-state index < -0.39 is 40.3 Å². The normalized spacial score (nSPS) is 10.8. The molecule has 110 valence electrons. The number of nitro groups is 1. The van der Waals surface area contributed by atoms with Crippen LogP contribution in [0.3, 0.4) is 0 Å². The molecule has 1 rings (SSSR count). The number of ether oxygens (including phenoxy) is 3. The number of hydrogen-bond donors (Lipinski definition) is 0. The van der Waals surface area contributed by atoms with Crippen molar-refractivity contribution in [2.45, 2.75) is 6.36 Å². The summed E-state index contributed by atoms with van der Waals surface area (Å²) in [7, 11) is 2.01. The first-order valence-corrected chi connectivity index (χ1v) is 4.77. The molecule has 1 heterocycles. The molecule has 0 aliphatic heterocycles. The standard InChI is InChI=1S/C9H7F3N2O6/c1-18-5-3-4(14(16)17)7(20-9(10,11)12)13-6(5)8(15)19-2/h3H,1-2H3. The van der Waals surface area contributed by atoms with Gasteiger partial charge in [-0.05, 0) is 0 Å². The minimum atomic E-state index is -5.21. The summed E-state index contributed by atoms with van der Waals surface area (Å²) in [6.07, 6.45) is -5.21. The van der Waals surface area contributed by atoms with Gasteiger partial charge in [-0.3, -0.25) is 10.1 Å². The smallest absolute Gasteiger partial charge is 0.494 e. The minimum absolute atomic E-state index is 0.418. The lowest BCUT2D eigenvalue weighted by Gasteiger charge is -2.11. The molecule has 0 radical (unpaired) electrons. The average molecular weight is 296 g/mol. The van der Waals surface area contributed by atoms with Crippen LogP contribution in [-0.2, 0) is 4.74 Å². The number of nitrogens with zero attached hydrogens (tertiary/aromatic N) is 2. The number of methoxy groups -OCH3 is 2. The molecular weight excluding hydrogens is 289 g/mol. The van der Waals surface area contributed by atoms with Crippen molar-refractivity contribution in [3.8, 4) is 11.6 Å². The minimum Gasteiger partial charge on any atom is -0.494 e. The largest absolute Gasteiger partial charge is 0.574 e. The maximum Gasteiger partial charge on any atom is 0.574 e. The van der Waals surface area contributed by atoms with Gasteiger partial charge in [-0.1, -0.05) is 0 Å². The third-order valence-corrected chi connectivity index (χ3v) is 1.94. The molecule has 20 heavy (non-hydrogen) atoms. The third-order valence-electron chi connectivity index (χ3n) is 1.94. The van der Waals surface area contributed by atoms with Crippen molar-refractivity contribution in [3.63, 3.8) is 0 Å². The van der Waals surface area contributed by atoms with E-state index in [1.165, 1.54) is 0 Å². The van der Waals surface area contributed by atoms with Crippen LogP contribution in [0.15, 0.2) is 6.07 Å². The number of pyridine rings is 1. The first kappa shape index (κ1) is 15.5. The van der Waals surface area contributed by atoms with Crippen molar-refractivity contribution in [2.24, 2.45) is 0 Å². The molecule has 0 N–H and O–H groups in total. The Morgan fingerprint density at radius 1 is 1.40 bits per heavy atom. The predicted octanol–water partition coefficient (Wildman–Crippen LogP) is 1.68. The van der Waals surface area contributed by atoms with E-state index in [9.17, 15) is 28.1 Å². The second-order valence-electron chi connectivity index (χ2n) is 3.16. The van der Waals surface area contributed by atoms with Gasteiger partial charge in [0.1, 0.15) is 0 Å². The molecule has 0 aliphatic carbocycles. The molecule has 1 aromatic rings. The zero-order valence-electron chi connectivity index (χ0n) is 10.1. The summed E-state index contributed by atoms with van der Waals surface area (Å²) < 4.78 is 48.8. The van der Waals surface area contributed by atoms with Crippen molar-refractivity contribution in [2.75, 3.05) is 14.2 Å². The van der Waals surface area contributed by atoms with Crippen LogP contribution in [0.2, 0.25) is 0 Å². The number of esters is 1. The lowest BCUT2D eigenvalue weighted by atomic mass is 10.3. The molecule has 0 bridgehead atoms. The Bertz CT molecular complexity index is 545. The molecule has 0 aromatic carbocycles. The van der Waals surface area contributed by atoms with E-state index in [2.05, 4.69) is 19.2 Å². The van der Waals surface area contributed by atoms with Gasteiger partial charge in [-0.15, -0.1) is 13.2 Å². The fraction of sp³-hybridized carbons (Fsp3) is 0.333. The summed E-state index contributed by atoms with van der Waals surface area (Å²) in [4.78, 5) is 24.0. The van der Waals surface area contributed by atoms with E-state index in [1.807, 2.05) is 0 Å². The Balaban J connectivity index is 3.46. The highest BCUT2D eigenvalue weighted by Gasteiger charge is 2.37. The molecule has 8 nitrogen and oxygen atoms in total. The van der Waals surface area contributed by atoms with Crippen LogP contribution in [-0.4, -0.2) is 36.5 Å². The number of aromatic nitrogens is 1. The maximum atomic E-state index is 12.1. The van der Waals surface area contributed by atoms with E-state index in [0.717, 1.165) is 14.2 Å². The second-order valence-corrected chi connectivity index (χ2v) is 3.16. The van der Waals surface area contributed by atoms with Gasteiger partial charge < -0.3 is 14.2 Å². The zero-order chi connectivity index (χ0) is 15.5. The molecule has 11 heteroatoms. The summed E-state index contributed by atoms with van der Waals surface area (Å²) in [5.41, 5.74) is -1.79. The Hall–Kier alpha value is -2.59. The lowest BCUT2D eigenvalue weighted by molar-refractivity contribution is -0.389. The van der Waals surface area contributed by atoms with Crippen LogP contribution >= 0.6 is 0 Å². The highest BCUT2D eigenvalue weighted by Crippen LogP contribution is 2.34. The quantitative estimate of drug-likeness (QED) is 0.473. The average Bonchev–Trinajstić information content (AvgIpc) is 2.35. The van der Waals surface area contributed by atoms with Gasteiger partial charge in [-0.2, -0.15) is 4.98 Å². The highest BCUT2D eigenvalue weighted by atomic mass is 19.4. The Kier molecular flexibility index (Phi) is 4.32. The highest BCUT2D eigenvalue weighted by molar-refractivity contribution is 5.91. The monoisotopic (exact) mass is 296 g/mol. The third kappa shape index (κ3) is 3.46. The van der Waals surface area contributed by atoms with Crippen LogP contribution in [0.1, 0.15) is 10.5 Å². The molecule has 0 amide bonds. The summed E-state index contributed by atoms with van der Waals surface area (Å²) in [6.45, 7) is 0. The van der Waals surface area contributed by atoms with Crippen molar-refractivity contribution in [3.05, 3.63) is 21.9 Å². The van der Waals surface area contributed by atoms with E-state index in [1.54, 1.807) is 0 Å². The van der Waals surface area contributed by atoms with Gasteiger partial charge in [0.15, 0.2) is 11.4 Å². The molecule has 0 saturated heterocycles. The lowest BCUT2D eigenvalue weighted by Crippen LogP contribution is -2.20. The summed E-state index contributed by atoms with van der Waals surface area (Å²) >= 11 is 0.